The Labute approximate surface area is 154 Å². The largest absolute Gasteiger partial charge is 0.497 e. The minimum Gasteiger partial charge on any atom is -0.497 e. The van der Waals surface area contributed by atoms with Gasteiger partial charge in [0.25, 0.3) is 5.89 Å². The van der Waals surface area contributed by atoms with Crippen molar-refractivity contribution in [3.63, 3.8) is 0 Å². The first kappa shape index (κ1) is 17.7. The van der Waals surface area contributed by atoms with Gasteiger partial charge in [-0.25, -0.2) is 0 Å². The van der Waals surface area contributed by atoms with E-state index in [0.29, 0.717) is 23.4 Å². The molecular weight excluding hydrogens is 358 g/mol. The van der Waals surface area contributed by atoms with Gasteiger partial charge in [0.05, 0.1) is 12.9 Å². The van der Waals surface area contributed by atoms with Crippen molar-refractivity contribution in [3.05, 3.63) is 30.1 Å². The smallest absolute Gasteiger partial charge is 0.257 e. The van der Waals surface area contributed by atoms with Gasteiger partial charge < -0.3 is 14.6 Å². The van der Waals surface area contributed by atoms with Crippen molar-refractivity contribution in [2.24, 2.45) is 5.92 Å². The summed E-state index contributed by atoms with van der Waals surface area (Å²) >= 11 is 3.07. The van der Waals surface area contributed by atoms with Crippen molar-refractivity contribution in [1.29, 1.82) is 0 Å². The van der Waals surface area contributed by atoms with Crippen LogP contribution in [0, 0.1) is 5.92 Å². The second-order valence-corrected chi connectivity index (χ2v) is 7.88. The molecule has 0 fully saturated rings. The van der Waals surface area contributed by atoms with Gasteiger partial charge in [-0.05, 0) is 30.2 Å². The number of hydrogen-bond acceptors (Lipinski definition) is 9. The van der Waals surface area contributed by atoms with Crippen LogP contribution in [-0.2, 0) is 5.75 Å². The SMILES string of the molecule is COc1ccc(-c2nc(CSc3nnc(NCC(C)C)s3)no2)cc1. The molecule has 0 saturated heterocycles. The zero-order valence-corrected chi connectivity index (χ0v) is 15.9. The Balaban J connectivity index is 1.56. The predicted octanol–water partition coefficient (Wildman–Crippen LogP) is 3.96. The highest BCUT2D eigenvalue weighted by Crippen LogP contribution is 2.28. The van der Waals surface area contributed by atoms with Crippen LogP contribution >= 0.6 is 23.1 Å². The molecule has 0 amide bonds. The molecule has 0 aliphatic heterocycles. The number of nitrogens with zero attached hydrogens (tertiary/aromatic N) is 4. The lowest BCUT2D eigenvalue weighted by Crippen LogP contribution is -2.07. The number of ether oxygens (including phenoxy) is 1. The van der Waals surface area contributed by atoms with Gasteiger partial charge in [0, 0.05) is 12.1 Å². The maximum absolute atomic E-state index is 5.32. The summed E-state index contributed by atoms with van der Waals surface area (Å²) in [4.78, 5) is 4.42. The molecule has 2 aromatic heterocycles. The van der Waals surface area contributed by atoms with Crippen LogP contribution in [-0.4, -0.2) is 34.0 Å². The first-order valence-electron chi connectivity index (χ1n) is 7.81. The van der Waals surface area contributed by atoms with Gasteiger partial charge in [-0.2, -0.15) is 4.98 Å². The molecule has 3 rings (SSSR count). The first-order chi connectivity index (χ1) is 12.1. The van der Waals surface area contributed by atoms with Crippen LogP contribution in [0.5, 0.6) is 5.75 Å². The summed E-state index contributed by atoms with van der Waals surface area (Å²) in [5.41, 5.74) is 0.862. The second kappa shape index (κ2) is 8.30. The number of rotatable bonds is 8. The molecule has 0 atom stereocenters. The first-order valence-corrected chi connectivity index (χ1v) is 9.61. The molecule has 0 saturated carbocycles. The van der Waals surface area contributed by atoms with Gasteiger partial charge in [-0.15, -0.1) is 10.2 Å². The molecule has 0 aliphatic carbocycles. The van der Waals surface area contributed by atoms with E-state index < -0.39 is 0 Å². The van der Waals surface area contributed by atoms with E-state index in [-0.39, 0.29) is 0 Å². The van der Waals surface area contributed by atoms with Crippen LogP contribution in [0.15, 0.2) is 33.1 Å². The van der Waals surface area contributed by atoms with Gasteiger partial charge in [0.1, 0.15) is 5.75 Å². The molecular formula is C16H19N5O2S2. The maximum Gasteiger partial charge on any atom is 0.257 e. The number of anilines is 1. The quantitative estimate of drug-likeness (QED) is 0.591. The lowest BCUT2D eigenvalue weighted by molar-refractivity contribution is 0.414. The Hall–Kier alpha value is -2.13. The van der Waals surface area contributed by atoms with E-state index in [0.717, 1.165) is 27.3 Å². The van der Waals surface area contributed by atoms with Crippen LogP contribution in [0.2, 0.25) is 0 Å². The normalized spacial score (nSPS) is 11.0. The maximum atomic E-state index is 5.32. The molecule has 25 heavy (non-hydrogen) atoms. The van der Waals surface area contributed by atoms with Crippen molar-refractivity contribution in [2.75, 3.05) is 19.0 Å². The van der Waals surface area contributed by atoms with Crippen LogP contribution in [0.1, 0.15) is 19.7 Å². The number of thioether (sulfide) groups is 1. The summed E-state index contributed by atoms with van der Waals surface area (Å²) in [5, 5.41) is 16.4. The number of nitrogens with one attached hydrogen (secondary N) is 1. The summed E-state index contributed by atoms with van der Waals surface area (Å²) in [6, 6.07) is 7.50. The van der Waals surface area contributed by atoms with E-state index in [9.17, 15) is 0 Å². The molecule has 0 spiro atoms. The van der Waals surface area contributed by atoms with E-state index in [1.165, 1.54) is 11.3 Å². The number of aromatic nitrogens is 4. The fraction of sp³-hybridized carbons (Fsp3) is 0.375. The molecule has 2 heterocycles. The Morgan fingerprint density at radius 1 is 1.24 bits per heavy atom. The second-order valence-electron chi connectivity index (χ2n) is 5.68. The van der Waals surface area contributed by atoms with Crippen LogP contribution in [0.4, 0.5) is 5.13 Å². The van der Waals surface area contributed by atoms with Crippen molar-refractivity contribution in [2.45, 2.75) is 23.9 Å². The van der Waals surface area contributed by atoms with Crippen LogP contribution < -0.4 is 10.1 Å². The van der Waals surface area contributed by atoms with E-state index in [1.807, 2.05) is 24.3 Å². The number of methoxy groups -OCH3 is 1. The highest BCUT2D eigenvalue weighted by Gasteiger charge is 2.11. The van der Waals surface area contributed by atoms with Gasteiger partial charge in [0.15, 0.2) is 10.2 Å². The number of benzene rings is 1. The van der Waals surface area contributed by atoms with E-state index >= 15 is 0 Å². The lowest BCUT2D eigenvalue weighted by atomic mass is 10.2. The van der Waals surface area contributed by atoms with Crippen molar-refractivity contribution >= 4 is 28.2 Å². The highest BCUT2D eigenvalue weighted by molar-refractivity contribution is 8.00. The van der Waals surface area contributed by atoms with Gasteiger partial charge >= 0.3 is 0 Å². The molecule has 0 aliphatic rings. The molecule has 7 nitrogen and oxygen atoms in total. The molecule has 1 aromatic carbocycles. The average Bonchev–Trinajstić information content (AvgIpc) is 3.27. The van der Waals surface area contributed by atoms with E-state index in [4.69, 9.17) is 9.26 Å². The minimum atomic E-state index is 0.495. The Kier molecular flexibility index (Phi) is 5.87. The van der Waals surface area contributed by atoms with Crippen molar-refractivity contribution < 1.29 is 9.26 Å². The molecule has 0 radical (unpaired) electrons. The summed E-state index contributed by atoms with van der Waals surface area (Å²) in [5.74, 6) is 3.06. The minimum absolute atomic E-state index is 0.495. The summed E-state index contributed by atoms with van der Waals surface area (Å²) in [6.45, 7) is 5.19. The lowest BCUT2D eigenvalue weighted by Gasteiger charge is -2.03. The van der Waals surface area contributed by atoms with Gasteiger partial charge in [-0.3, -0.25) is 0 Å². The molecule has 0 unspecified atom stereocenters. The monoisotopic (exact) mass is 377 g/mol. The Morgan fingerprint density at radius 2 is 2.04 bits per heavy atom. The summed E-state index contributed by atoms with van der Waals surface area (Å²) in [6.07, 6.45) is 0. The molecule has 3 aromatic rings. The van der Waals surface area contributed by atoms with E-state index in [1.54, 1.807) is 18.9 Å². The standard InChI is InChI=1S/C16H19N5O2S2/c1-10(2)8-17-15-19-20-16(25-15)24-9-13-18-14(23-21-13)11-4-6-12(22-3)7-5-11/h4-7,10H,8-9H2,1-3H3,(H,17,19). The predicted molar refractivity (Wildman–Crippen MR) is 99.1 cm³/mol. The fourth-order valence-electron chi connectivity index (χ4n) is 1.92. The van der Waals surface area contributed by atoms with Gasteiger partial charge in [-0.1, -0.05) is 42.1 Å². The molecule has 9 heteroatoms. The zero-order chi connectivity index (χ0) is 17.6. The highest BCUT2D eigenvalue weighted by atomic mass is 32.2. The van der Waals surface area contributed by atoms with Crippen LogP contribution in [0.25, 0.3) is 11.5 Å². The van der Waals surface area contributed by atoms with Crippen LogP contribution in [0.3, 0.4) is 0 Å². The fourth-order valence-corrected chi connectivity index (χ4v) is 3.52. The molecule has 132 valence electrons. The summed E-state index contributed by atoms with van der Waals surface area (Å²) < 4.78 is 11.3. The third-order valence-corrected chi connectivity index (χ3v) is 5.21. The summed E-state index contributed by atoms with van der Waals surface area (Å²) in [7, 11) is 1.63. The third-order valence-electron chi connectivity index (χ3n) is 3.20. The molecule has 1 N–H and O–H groups in total. The van der Waals surface area contributed by atoms with Crippen molar-refractivity contribution in [1.82, 2.24) is 20.3 Å². The molecule has 0 bridgehead atoms. The van der Waals surface area contributed by atoms with E-state index in [2.05, 4.69) is 39.5 Å². The topological polar surface area (TPSA) is 86.0 Å². The zero-order valence-electron chi connectivity index (χ0n) is 14.2. The van der Waals surface area contributed by atoms with Crippen molar-refractivity contribution in [3.8, 4) is 17.2 Å². The third kappa shape index (κ3) is 4.93. The average molecular weight is 377 g/mol. The van der Waals surface area contributed by atoms with Gasteiger partial charge in [0.2, 0.25) is 5.13 Å². The Morgan fingerprint density at radius 3 is 2.76 bits per heavy atom. The number of hydrogen-bond donors (Lipinski definition) is 1. The Bertz CT molecular complexity index is 801.